The minimum absolute atomic E-state index is 0.0306. The fourth-order valence-electron chi connectivity index (χ4n) is 0.598. The highest BCUT2D eigenvalue weighted by molar-refractivity contribution is 5.91. The fourth-order valence-corrected chi connectivity index (χ4v) is 0.598. The molecule has 0 aliphatic heterocycles. The van der Waals surface area contributed by atoms with Crippen LogP contribution in [0.1, 0.15) is 20.8 Å². The number of allylic oxidation sites excluding steroid dienone is 2. The standard InChI is InChI=1S/C8H11NO2.C2H6/c1-3-5-7(9)6(4-2)8(10)11;1-2/h3-5H,2,9H2,1H3,(H,10,11);1-2H3/b5-3-,7-6-;. The van der Waals surface area contributed by atoms with E-state index in [1.165, 1.54) is 12.2 Å². The zero-order valence-corrected chi connectivity index (χ0v) is 8.37. The van der Waals surface area contributed by atoms with E-state index in [1.54, 1.807) is 13.0 Å². The summed E-state index contributed by atoms with van der Waals surface area (Å²) in [4.78, 5) is 10.4. The van der Waals surface area contributed by atoms with Crippen molar-refractivity contribution < 1.29 is 9.90 Å². The molecule has 0 saturated heterocycles. The average Bonchev–Trinajstić information content (AvgIpc) is 2.09. The molecule has 0 aromatic heterocycles. The monoisotopic (exact) mass is 183 g/mol. The Morgan fingerprint density at radius 1 is 1.46 bits per heavy atom. The van der Waals surface area contributed by atoms with E-state index >= 15 is 0 Å². The van der Waals surface area contributed by atoms with E-state index < -0.39 is 5.97 Å². The van der Waals surface area contributed by atoms with Crippen LogP contribution in [-0.4, -0.2) is 11.1 Å². The van der Waals surface area contributed by atoms with E-state index in [0.29, 0.717) is 0 Å². The lowest BCUT2D eigenvalue weighted by Gasteiger charge is -1.96. The third-order valence-corrected chi connectivity index (χ3v) is 1.09. The van der Waals surface area contributed by atoms with Gasteiger partial charge in [0.1, 0.15) is 0 Å². The molecule has 0 spiro atoms. The highest BCUT2D eigenvalue weighted by atomic mass is 16.4. The van der Waals surface area contributed by atoms with Crippen LogP contribution in [0.15, 0.2) is 36.1 Å². The Morgan fingerprint density at radius 2 is 1.92 bits per heavy atom. The highest BCUT2D eigenvalue weighted by Gasteiger charge is 2.04. The molecule has 3 heteroatoms. The average molecular weight is 183 g/mol. The molecule has 0 aromatic rings. The Morgan fingerprint density at radius 3 is 2.15 bits per heavy atom. The van der Waals surface area contributed by atoms with Gasteiger partial charge in [-0.2, -0.15) is 0 Å². The molecule has 3 nitrogen and oxygen atoms in total. The number of nitrogens with two attached hydrogens (primary N) is 1. The maximum atomic E-state index is 10.4. The number of hydrogen-bond acceptors (Lipinski definition) is 2. The molecule has 0 saturated carbocycles. The van der Waals surface area contributed by atoms with Crippen molar-refractivity contribution in [3.05, 3.63) is 36.1 Å². The van der Waals surface area contributed by atoms with Gasteiger partial charge in [0.05, 0.1) is 5.57 Å². The van der Waals surface area contributed by atoms with Gasteiger partial charge in [-0.3, -0.25) is 0 Å². The van der Waals surface area contributed by atoms with Gasteiger partial charge in [-0.25, -0.2) is 4.79 Å². The van der Waals surface area contributed by atoms with Crippen molar-refractivity contribution in [1.29, 1.82) is 0 Å². The first-order valence-corrected chi connectivity index (χ1v) is 4.11. The smallest absolute Gasteiger partial charge is 0.337 e. The maximum Gasteiger partial charge on any atom is 0.337 e. The van der Waals surface area contributed by atoms with Crippen LogP contribution in [0.2, 0.25) is 0 Å². The minimum Gasteiger partial charge on any atom is -0.478 e. The van der Waals surface area contributed by atoms with Crippen LogP contribution in [0.5, 0.6) is 0 Å². The van der Waals surface area contributed by atoms with Crippen molar-refractivity contribution in [2.75, 3.05) is 0 Å². The Labute approximate surface area is 79.3 Å². The van der Waals surface area contributed by atoms with Crippen LogP contribution in [0.4, 0.5) is 0 Å². The summed E-state index contributed by atoms with van der Waals surface area (Å²) in [5.74, 6) is -1.06. The quantitative estimate of drug-likeness (QED) is 0.520. The molecule has 0 heterocycles. The molecule has 3 N–H and O–H groups in total. The second-order valence-corrected chi connectivity index (χ2v) is 1.88. The van der Waals surface area contributed by atoms with Crippen molar-refractivity contribution in [3.8, 4) is 0 Å². The van der Waals surface area contributed by atoms with Gasteiger partial charge in [-0.15, -0.1) is 0 Å². The molecule has 13 heavy (non-hydrogen) atoms. The summed E-state index contributed by atoms with van der Waals surface area (Å²) in [5.41, 5.74) is 5.63. The summed E-state index contributed by atoms with van der Waals surface area (Å²) < 4.78 is 0. The van der Waals surface area contributed by atoms with Crippen molar-refractivity contribution in [1.82, 2.24) is 0 Å². The molecule has 0 radical (unpaired) electrons. The summed E-state index contributed by atoms with van der Waals surface area (Å²) in [5, 5.41) is 8.53. The van der Waals surface area contributed by atoms with Crippen LogP contribution in [-0.2, 0) is 4.79 Å². The first-order chi connectivity index (χ1) is 6.13. The number of hydrogen-bond donors (Lipinski definition) is 2. The second-order valence-electron chi connectivity index (χ2n) is 1.88. The molecule has 0 bridgehead atoms. The number of aliphatic carboxylic acids is 1. The molecule has 0 unspecified atom stereocenters. The molecule has 0 aliphatic carbocycles. The zero-order valence-electron chi connectivity index (χ0n) is 8.37. The van der Waals surface area contributed by atoms with Gasteiger partial charge in [0.2, 0.25) is 0 Å². The van der Waals surface area contributed by atoms with Gasteiger partial charge in [0.15, 0.2) is 0 Å². The molecule has 0 aromatic carbocycles. The van der Waals surface area contributed by atoms with Crippen LogP contribution >= 0.6 is 0 Å². The number of carbonyl (C=O) groups is 1. The van der Waals surface area contributed by atoms with Crippen molar-refractivity contribution >= 4 is 5.97 Å². The molecule has 0 rings (SSSR count). The van der Waals surface area contributed by atoms with E-state index in [0.717, 1.165) is 0 Å². The van der Waals surface area contributed by atoms with Gasteiger partial charge in [-0.1, -0.05) is 32.6 Å². The predicted octanol–water partition coefficient (Wildman–Crippen LogP) is 2.07. The van der Waals surface area contributed by atoms with E-state index in [9.17, 15) is 4.79 Å². The molecule has 0 aliphatic rings. The molecule has 74 valence electrons. The summed E-state index contributed by atoms with van der Waals surface area (Å²) in [7, 11) is 0. The summed E-state index contributed by atoms with van der Waals surface area (Å²) in [6, 6.07) is 0. The summed E-state index contributed by atoms with van der Waals surface area (Å²) >= 11 is 0. The number of rotatable bonds is 3. The van der Waals surface area contributed by atoms with E-state index in [2.05, 4.69) is 6.58 Å². The SMILES string of the molecule is C=C/C(C(=O)O)=C(N)\C=C/C.CC. The Hall–Kier alpha value is -1.51. The van der Waals surface area contributed by atoms with Crippen molar-refractivity contribution in [2.24, 2.45) is 5.73 Å². The van der Waals surface area contributed by atoms with Crippen LogP contribution in [0.25, 0.3) is 0 Å². The lowest BCUT2D eigenvalue weighted by molar-refractivity contribution is -0.132. The Bertz CT molecular complexity index is 227. The predicted molar refractivity (Wildman–Crippen MR) is 55.2 cm³/mol. The summed E-state index contributed by atoms with van der Waals surface area (Å²) in [6.07, 6.45) is 4.41. The van der Waals surface area contributed by atoms with E-state index in [1.807, 2.05) is 13.8 Å². The summed E-state index contributed by atoms with van der Waals surface area (Å²) in [6.45, 7) is 9.09. The molecule has 0 fully saturated rings. The topological polar surface area (TPSA) is 63.3 Å². The third-order valence-electron chi connectivity index (χ3n) is 1.09. The lowest BCUT2D eigenvalue weighted by Crippen LogP contribution is -2.06. The largest absolute Gasteiger partial charge is 0.478 e. The van der Waals surface area contributed by atoms with Gasteiger partial charge >= 0.3 is 5.97 Å². The van der Waals surface area contributed by atoms with Crippen LogP contribution < -0.4 is 5.73 Å². The van der Waals surface area contributed by atoms with Gasteiger partial charge in [0, 0.05) is 5.70 Å². The van der Waals surface area contributed by atoms with Crippen molar-refractivity contribution in [2.45, 2.75) is 20.8 Å². The second kappa shape index (κ2) is 8.59. The maximum absolute atomic E-state index is 10.4. The van der Waals surface area contributed by atoms with Gasteiger partial charge in [-0.05, 0) is 13.0 Å². The Balaban J connectivity index is 0. The molecule has 0 amide bonds. The molecular weight excluding hydrogens is 166 g/mol. The molecular formula is C10H17NO2. The fraction of sp³-hybridized carbons (Fsp3) is 0.300. The van der Waals surface area contributed by atoms with Crippen LogP contribution in [0.3, 0.4) is 0 Å². The zero-order chi connectivity index (χ0) is 10.9. The minimum atomic E-state index is -1.06. The van der Waals surface area contributed by atoms with Gasteiger partial charge < -0.3 is 10.8 Å². The molecule has 0 atom stereocenters. The van der Waals surface area contributed by atoms with Crippen molar-refractivity contribution in [3.63, 3.8) is 0 Å². The first kappa shape index (κ1) is 14.0. The van der Waals surface area contributed by atoms with Gasteiger partial charge in [0.25, 0.3) is 0 Å². The lowest BCUT2D eigenvalue weighted by atomic mass is 10.2. The van der Waals surface area contributed by atoms with E-state index in [-0.39, 0.29) is 11.3 Å². The first-order valence-electron chi connectivity index (χ1n) is 4.11. The number of carboxylic acid groups (broad SMARTS) is 1. The van der Waals surface area contributed by atoms with Crippen LogP contribution in [0, 0.1) is 0 Å². The third kappa shape index (κ3) is 5.73. The normalized spacial score (nSPS) is 11.3. The van der Waals surface area contributed by atoms with E-state index in [4.69, 9.17) is 10.8 Å². The highest BCUT2D eigenvalue weighted by Crippen LogP contribution is 2.01. The Kier molecular flexibility index (Phi) is 9.27. The number of carboxylic acids is 1.